The van der Waals surface area contributed by atoms with Crippen LogP contribution in [0.5, 0.6) is 0 Å². The summed E-state index contributed by atoms with van der Waals surface area (Å²) in [6, 6.07) is 0. The minimum atomic E-state index is -0.769. The van der Waals surface area contributed by atoms with E-state index in [2.05, 4.69) is 13.5 Å². The zero-order chi connectivity index (χ0) is 15.2. The molecular formula is C18H32O2. The molecule has 0 saturated heterocycles. The van der Waals surface area contributed by atoms with E-state index in [1.165, 1.54) is 57.8 Å². The first-order valence-corrected chi connectivity index (χ1v) is 8.13. The summed E-state index contributed by atoms with van der Waals surface area (Å²) in [6.45, 7) is 8.11. The zero-order valence-electron chi connectivity index (χ0n) is 13.4. The fourth-order valence-corrected chi connectivity index (χ4v) is 2.37. The number of unbranched alkanes of at least 4 members (excludes halogenated alkanes) is 8. The van der Waals surface area contributed by atoms with Gasteiger partial charge in [0.05, 0.1) is 6.42 Å². The van der Waals surface area contributed by atoms with E-state index in [-0.39, 0.29) is 6.42 Å². The van der Waals surface area contributed by atoms with Crippen LogP contribution in [0.4, 0.5) is 0 Å². The van der Waals surface area contributed by atoms with Crippen LogP contribution < -0.4 is 0 Å². The lowest BCUT2D eigenvalue weighted by Gasteiger charge is -2.04. The van der Waals surface area contributed by atoms with Crippen molar-refractivity contribution in [3.63, 3.8) is 0 Å². The number of hydrogen-bond acceptors (Lipinski definition) is 1. The van der Waals surface area contributed by atoms with Crippen LogP contribution in [-0.2, 0) is 4.79 Å². The quantitative estimate of drug-likeness (QED) is 0.337. The molecule has 0 saturated carbocycles. The summed E-state index contributed by atoms with van der Waals surface area (Å²) in [7, 11) is 0. The number of rotatable bonds is 13. The molecule has 0 radical (unpaired) electrons. The maximum absolute atomic E-state index is 10.5. The molecule has 0 heterocycles. The summed E-state index contributed by atoms with van der Waals surface area (Å²) in [4.78, 5) is 10.5. The van der Waals surface area contributed by atoms with Crippen LogP contribution in [0.3, 0.4) is 0 Å². The normalized spacial score (nSPS) is 11.6. The molecule has 0 aromatic rings. The summed E-state index contributed by atoms with van der Waals surface area (Å²) in [5, 5.41) is 8.68. The smallest absolute Gasteiger partial charge is 0.307 e. The van der Waals surface area contributed by atoms with E-state index in [0.717, 1.165) is 17.6 Å². The minimum Gasteiger partial charge on any atom is -0.481 e. The van der Waals surface area contributed by atoms with Crippen LogP contribution in [0.2, 0.25) is 0 Å². The van der Waals surface area contributed by atoms with Gasteiger partial charge in [-0.3, -0.25) is 4.79 Å². The van der Waals surface area contributed by atoms with Crippen molar-refractivity contribution in [1.82, 2.24) is 0 Å². The van der Waals surface area contributed by atoms with Gasteiger partial charge in [0.15, 0.2) is 0 Å². The second kappa shape index (κ2) is 13.0. The summed E-state index contributed by atoms with van der Waals surface area (Å²) >= 11 is 0. The molecule has 0 aliphatic carbocycles. The maximum Gasteiger partial charge on any atom is 0.307 e. The summed E-state index contributed by atoms with van der Waals surface area (Å²) in [5.74, 6) is -0.769. The molecule has 0 aliphatic rings. The van der Waals surface area contributed by atoms with E-state index in [1.807, 2.05) is 13.0 Å². The Hall–Kier alpha value is -1.05. The van der Waals surface area contributed by atoms with E-state index < -0.39 is 5.97 Å². The molecular weight excluding hydrogens is 248 g/mol. The van der Waals surface area contributed by atoms with Gasteiger partial charge < -0.3 is 5.11 Å². The number of carbonyl (C=O) groups is 1. The number of aliphatic carboxylic acids is 1. The van der Waals surface area contributed by atoms with Gasteiger partial charge in [-0.1, -0.05) is 82.1 Å². The molecule has 0 aromatic carbocycles. The van der Waals surface area contributed by atoms with Crippen molar-refractivity contribution in [2.24, 2.45) is 0 Å². The third-order valence-electron chi connectivity index (χ3n) is 3.48. The SMILES string of the molecule is C=C(/C=C(\C)CC(=O)O)CCCCCCCCCCC. The van der Waals surface area contributed by atoms with Crippen molar-refractivity contribution < 1.29 is 9.90 Å². The van der Waals surface area contributed by atoms with Gasteiger partial charge in [0.25, 0.3) is 0 Å². The van der Waals surface area contributed by atoms with Crippen molar-refractivity contribution in [3.05, 3.63) is 23.8 Å². The summed E-state index contributed by atoms with van der Waals surface area (Å²) in [5.41, 5.74) is 1.95. The zero-order valence-corrected chi connectivity index (χ0v) is 13.4. The Morgan fingerprint density at radius 1 is 1.00 bits per heavy atom. The molecule has 2 heteroatoms. The predicted octanol–water partition coefficient (Wildman–Crippen LogP) is 5.88. The Kier molecular flexibility index (Phi) is 12.3. The molecule has 0 fully saturated rings. The van der Waals surface area contributed by atoms with Crippen molar-refractivity contribution in [2.75, 3.05) is 0 Å². The molecule has 2 nitrogen and oxygen atoms in total. The average molecular weight is 280 g/mol. The van der Waals surface area contributed by atoms with Crippen molar-refractivity contribution in [3.8, 4) is 0 Å². The Morgan fingerprint density at radius 2 is 1.50 bits per heavy atom. The highest BCUT2D eigenvalue weighted by molar-refractivity contribution is 5.70. The van der Waals surface area contributed by atoms with Gasteiger partial charge in [-0.25, -0.2) is 0 Å². The van der Waals surface area contributed by atoms with Gasteiger partial charge in [-0.15, -0.1) is 0 Å². The molecule has 0 aromatic heterocycles. The number of carboxylic acid groups (broad SMARTS) is 1. The lowest BCUT2D eigenvalue weighted by atomic mass is 10.0. The first kappa shape index (κ1) is 18.9. The molecule has 20 heavy (non-hydrogen) atoms. The second-order valence-electron chi connectivity index (χ2n) is 5.80. The third-order valence-corrected chi connectivity index (χ3v) is 3.48. The standard InChI is InChI=1S/C18H32O2/c1-4-5-6-7-8-9-10-11-12-13-16(2)14-17(3)15-18(19)20/h14H,2,4-13,15H2,1,3H3,(H,19,20)/b17-14+. The largest absolute Gasteiger partial charge is 0.481 e. The lowest BCUT2D eigenvalue weighted by molar-refractivity contribution is -0.136. The highest BCUT2D eigenvalue weighted by Gasteiger charge is 1.99. The molecule has 0 atom stereocenters. The molecule has 0 unspecified atom stereocenters. The summed E-state index contributed by atoms with van der Waals surface area (Å²) < 4.78 is 0. The molecule has 0 bridgehead atoms. The van der Waals surface area contributed by atoms with Gasteiger partial charge in [0.2, 0.25) is 0 Å². The number of carboxylic acids is 1. The molecule has 0 aliphatic heterocycles. The first-order valence-electron chi connectivity index (χ1n) is 8.13. The topological polar surface area (TPSA) is 37.3 Å². The second-order valence-corrected chi connectivity index (χ2v) is 5.80. The van der Waals surface area contributed by atoms with Crippen molar-refractivity contribution >= 4 is 5.97 Å². The minimum absolute atomic E-state index is 0.122. The first-order chi connectivity index (χ1) is 9.56. The Labute approximate surface area is 125 Å². The molecule has 0 spiro atoms. The fraction of sp³-hybridized carbons (Fsp3) is 0.722. The average Bonchev–Trinajstić information content (AvgIpc) is 2.35. The predicted molar refractivity (Wildman–Crippen MR) is 87.0 cm³/mol. The van der Waals surface area contributed by atoms with E-state index >= 15 is 0 Å². The van der Waals surface area contributed by atoms with Crippen LogP contribution in [0.15, 0.2) is 23.8 Å². The molecule has 0 rings (SSSR count). The maximum atomic E-state index is 10.5. The van der Waals surface area contributed by atoms with E-state index in [0.29, 0.717) is 0 Å². The van der Waals surface area contributed by atoms with Gasteiger partial charge in [0, 0.05) is 0 Å². The van der Waals surface area contributed by atoms with Crippen LogP contribution in [0.25, 0.3) is 0 Å². The van der Waals surface area contributed by atoms with Gasteiger partial charge in [-0.05, 0) is 19.8 Å². The Balaban J connectivity index is 3.46. The van der Waals surface area contributed by atoms with E-state index in [1.54, 1.807) is 0 Å². The molecule has 1 N–H and O–H groups in total. The van der Waals surface area contributed by atoms with Gasteiger partial charge in [-0.2, -0.15) is 0 Å². The Morgan fingerprint density at radius 3 is 2.00 bits per heavy atom. The highest BCUT2D eigenvalue weighted by atomic mass is 16.4. The summed E-state index contributed by atoms with van der Waals surface area (Å²) in [6.07, 6.45) is 15.0. The number of allylic oxidation sites excluding steroid dienone is 2. The van der Waals surface area contributed by atoms with Crippen molar-refractivity contribution in [2.45, 2.75) is 84.5 Å². The lowest BCUT2D eigenvalue weighted by Crippen LogP contribution is -1.95. The van der Waals surface area contributed by atoms with E-state index in [4.69, 9.17) is 5.11 Å². The van der Waals surface area contributed by atoms with Gasteiger partial charge >= 0.3 is 5.97 Å². The molecule has 116 valence electrons. The molecule has 0 amide bonds. The van der Waals surface area contributed by atoms with Crippen molar-refractivity contribution in [1.29, 1.82) is 0 Å². The van der Waals surface area contributed by atoms with Gasteiger partial charge in [0.1, 0.15) is 0 Å². The monoisotopic (exact) mass is 280 g/mol. The van der Waals surface area contributed by atoms with Crippen LogP contribution >= 0.6 is 0 Å². The fourth-order valence-electron chi connectivity index (χ4n) is 2.37. The van der Waals surface area contributed by atoms with Crippen LogP contribution in [0, 0.1) is 0 Å². The van der Waals surface area contributed by atoms with Crippen LogP contribution in [0.1, 0.15) is 84.5 Å². The van der Waals surface area contributed by atoms with E-state index in [9.17, 15) is 4.79 Å². The number of hydrogen-bond donors (Lipinski definition) is 1. The van der Waals surface area contributed by atoms with Crippen LogP contribution in [-0.4, -0.2) is 11.1 Å². The Bertz CT molecular complexity index is 303. The highest BCUT2D eigenvalue weighted by Crippen LogP contribution is 2.14. The third kappa shape index (κ3) is 13.4.